The topological polar surface area (TPSA) is 20.2 Å². The number of aliphatic hydroxyl groups is 1. The normalized spacial score (nSPS) is 14.0. The fraction of sp³-hybridized carbons (Fsp3) is 0.400. The summed E-state index contributed by atoms with van der Waals surface area (Å²) in [5, 5.41) is 8.86. The van der Waals surface area contributed by atoms with Gasteiger partial charge in [-0.2, -0.15) is 13.2 Å². The van der Waals surface area contributed by atoms with Crippen LogP contribution in [0.3, 0.4) is 0 Å². The first kappa shape index (κ1) is 12.5. The molecule has 0 spiro atoms. The zero-order chi connectivity index (χ0) is 11.6. The lowest BCUT2D eigenvalue weighted by molar-refractivity contribution is -0.203. The fourth-order valence-electron chi connectivity index (χ4n) is 1.17. The van der Waals surface area contributed by atoms with Crippen molar-refractivity contribution in [3.63, 3.8) is 0 Å². The van der Waals surface area contributed by atoms with Gasteiger partial charge in [-0.15, -0.1) is 0 Å². The predicted molar refractivity (Wildman–Crippen MR) is 54.6 cm³/mol. The molecular formula is C10H10BrF3O. The molecule has 1 unspecified atom stereocenters. The first-order valence-electron chi connectivity index (χ1n) is 4.30. The van der Waals surface area contributed by atoms with Gasteiger partial charge in [0.1, 0.15) is 0 Å². The molecule has 1 rings (SSSR count). The summed E-state index contributed by atoms with van der Waals surface area (Å²) < 4.78 is 37.0. The summed E-state index contributed by atoms with van der Waals surface area (Å²) in [7, 11) is 0. The van der Waals surface area contributed by atoms with E-state index < -0.39 is 18.7 Å². The molecule has 0 heterocycles. The third kappa shape index (κ3) is 3.50. The Bertz CT molecular complexity index is 349. The number of benzene rings is 1. The predicted octanol–water partition coefficient (Wildman–Crippen LogP) is 3.22. The van der Waals surface area contributed by atoms with Crippen LogP contribution >= 0.6 is 15.9 Å². The van der Waals surface area contributed by atoms with Gasteiger partial charge in [0.25, 0.3) is 0 Å². The molecule has 0 radical (unpaired) electrons. The second-order valence-corrected chi connectivity index (χ2v) is 4.20. The van der Waals surface area contributed by atoms with Gasteiger partial charge in [-0.05, 0) is 24.1 Å². The van der Waals surface area contributed by atoms with E-state index in [1.54, 1.807) is 25.1 Å². The molecule has 0 bridgehead atoms. The Morgan fingerprint density at radius 1 is 1.40 bits per heavy atom. The number of halogens is 4. The zero-order valence-corrected chi connectivity index (χ0v) is 9.56. The van der Waals surface area contributed by atoms with E-state index in [0.717, 1.165) is 10.0 Å². The lowest BCUT2D eigenvalue weighted by Crippen LogP contribution is -2.30. The molecule has 1 aromatic rings. The van der Waals surface area contributed by atoms with Crippen LogP contribution in [-0.4, -0.2) is 17.4 Å². The molecule has 0 aliphatic heterocycles. The van der Waals surface area contributed by atoms with Crippen LogP contribution in [0.2, 0.25) is 0 Å². The Labute approximate surface area is 94.0 Å². The smallest absolute Gasteiger partial charge is 0.383 e. The minimum atomic E-state index is -4.55. The van der Waals surface area contributed by atoms with Crippen LogP contribution in [0.5, 0.6) is 0 Å². The lowest BCUT2D eigenvalue weighted by Gasteiger charge is -2.14. The highest BCUT2D eigenvalue weighted by molar-refractivity contribution is 9.10. The summed E-state index contributed by atoms with van der Waals surface area (Å²) in [6, 6.07) is 4.86. The highest BCUT2D eigenvalue weighted by Crippen LogP contribution is 2.24. The van der Waals surface area contributed by atoms with Crippen LogP contribution in [0, 0.1) is 6.92 Å². The van der Waals surface area contributed by atoms with Gasteiger partial charge in [-0.25, -0.2) is 0 Å². The second-order valence-electron chi connectivity index (χ2n) is 3.35. The molecule has 1 atom stereocenters. The average molecular weight is 283 g/mol. The molecule has 0 saturated heterocycles. The van der Waals surface area contributed by atoms with Gasteiger partial charge in [0.05, 0.1) is 0 Å². The van der Waals surface area contributed by atoms with Crippen LogP contribution in [-0.2, 0) is 6.42 Å². The first-order chi connectivity index (χ1) is 6.80. The summed E-state index contributed by atoms with van der Waals surface area (Å²) in [6.07, 6.45) is -7.25. The van der Waals surface area contributed by atoms with E-state index in [2.05, 4.69) is 15.9 Å². The van der Waals surface area contributed by atoms with Gasteiger partial charge < -0.3 is 5.11 Å². The molecule has 0 fully saturated rings. The van der Waals surface area contributed by atoms with Crippen molar-refractivity contribution in [3.05, 3.63) is 33.8 Å². The number of aliphatic hydroxyl groups excluding tert-OH is 1. The number of rotatable bonds is 2. The summed E-state index contributed by atoms with van der Waals surface area (Å²) in [5.41, 5.74) is 1.32. The van der Waals surface area contributed by atoms with E-state index >= 15 is 0 Å². The maximum absolute atomic E-state index is 12.1. The fourth-order valence-corrected chi connectivity index (χ4v) is 1.42. The Morgan fingerprint density at radius 3 is 2.47 bits per heavy atom. The molecule has 1 nitrogen and oxygen atoms in total. The van der Waals surface area contributed by atoms with Gasteiger partial charge in [0, 0.05) is 10.9 Å². The quantitative estimate of drug-likeness (QED) is 0.883. The van der Waals surface area contributed by atoms with Crippen LogP contribution in [0.25, 0.3) is 0 Å². The van der Waals surface area contributed by atoms with E-state index in [-0.39, 0.29) is 0 Å². The monoisotopic (exact) mass is 282 g/mol. The second kappa shape index (κ2) is 4.53. The van der Waals surface area contributed by atoms with Crippen LogP contribution in [0.1, 0.15) is 11.1 Å². The molecule has 0 saturated carbocycles. The molecular weight excluding hydrogens is 273 g/mol. The van der Waals surface area contributed by atoms with Crippen molar-refractivity contribution in [3.8, 4) is 0 Å². The number of hydrogen-bond donors (Lipinski definition) is 1. The van der Waals surface area contributed by atoms with Crippen molar-refractivity contribution in [2.45, 2.75) is 25.6 Å². The van der Waals surface area contributed by atoms with E-state index in [1.165, 1.54) is 0 Å². The van der Waals surface area contributed by atoms with Gasteiger partial charge in [0.2, 0.25) is 0 Å². The summed E-state index contributed by atoms with van der Waals surface area (Å²) in [4.78, 5) is 0. The molecule has 0 aliphatic rings. The highest BCUT2D eigenvalue weighted by atomic mass is 79.9. The number of alkyl halides is 3. The minimum Gasteiger partial charge on any atom is -0.383 e. The lowest BCUT2D eigenvalue weighted by atomic mass is 10.1. The van der Waals surface area contributed by atoms with Crippen molar-refractivity contribution in [2.75, 3.05) is 0 Å². The standard InChI is InChI=1S/C10H10BrF3O/c1-6-4-7(2-3-8(6)11)5-9(15)10(12,13)14/h2-4,9,15H,5H2,1H3. The Kier molecular flexibility index (Phi) is 3.78. The molecule has 84 valence electrons. The average Bonchev–Trinajstić information content (AvgIpc) is 2.10. The van der Waals surface area contributed by atoms with E-state index in [4.69, 9.17) is 5.11 Å². The largest absolute Gasteiger partial charge is 0.414 e. The minimum absolute atomic E-state index is 0.405. The molecule has 0 aliphatic carbocycles. The van der Waals surface area contributed by atoms with E-state index in [9.17, 15) is 13.2 Å². The third-order valence-corrected chi connectivity index (χ3v) is 2.92. The molecule has 0 aromatic heterocycles. The summed E-state index contributed by atoms with van der Waals surface area (Å²) in [6.45, 7) is 1.79. The van der Waals surface area contributed by atoms with Crippen molar-refractivity contribution in [1.82, 2.24) is 0 Å². The van der Waals surface area contributed by atoms with Crippen LogP contribution in [0.15, 0.2) is 22.7 Å². The van der Waals surface area contributed by atoms with Crippen molar-refractivity contribution < 1.29 is 18.3 Å². The third-order valence-electron chi connectivity index (χ3n) is 2.03. The van der Waals surface area contributed by atoms with Crippen LogP contribution in [0.4, 0.5) is 13.2 Å². The van der Waals surface area contributed by atoms with Gasteiger partial charge in [-0.1, -0.05) is 28.1 Å². The Hall–Kier alpha value is -0.550. The molecule has 1 N–H and O–H groups in total. The van der Waals surface area contributed by atoms with Crippen molar-refractivity contribution in [1.29, 1.82) is 0 Å². The molecule has 15 heavy (non-hydrogen) atoms. The van der Waals surface area contributed by atoms with Crippen molar-refractivity contribution >= 4 is 15.9 Å². The van der Waals surface area contributed by atoms with Gasteiger partial charge in [-0.3, -0.25) is 0 Å². The Balaban J connectivity index is 2.78. The van der Waals surface area contributed by atoms with E-state index in [1.807, 2.05) is 0 Å². The SMILES string of the molecule is Cc1cc(CC(O)C(F)(F)F)ccc1Br. The van der Waals surface area contributed by atoms with E-state index in [0.29, 0.717) is 5.56 Å². The maximum atomic E-state index is 12.1. The Morgan fingerprint density at radius 2 is 2.00 bits per heavy atom. The highest BCUT2D eigenvalue weighted by Gasteiger charge is 2.37. The van der Waals surface area contributed by atoms with Crippen molar-refractivity contribution in [2.24, 2.45) is 0 Å². The summed E-state index contributed by atoms with van der Waals surface area (Å²) in [5.74, 6) is 0. The maximum Gasteiger partial charge on any atom is 0.414 e. The van der Waals surface area contributed by atoms with Gasteiger partial charge >= 0.3 is 6.18 Å². The number of aryl methyl sites for hydroxylation is 1. The van der Waals surface area contributed by atoms with Crippen LogP contribution < -0.4 is 0 Å². The first-order valence-corrected chi connectivity index (χ1v) is 5.10. The van der Waals surface area contributed by atoms with Gasteiger partial charge in [0.15, 0.2) is 6.10 Å². The molecule has 0 amide bonds. The molecule has 1 aromatic carbocycles. The molecule has 5 heteroatoms. The zero-order valence-electron chi connectivity index (χ0n) is 7.98. The number of hydrogen-bond acceptors (Lipinski definition) is 1. The summed E-state index contributed by atoms with van der Waals surface area (Å²) >= 11 is 3.25.